The normalized spacial score (nSPS) is 24.1. The zero-order chi connectivity index (χ0) is 13.5. The Kier molecular flexibility index (Phi) is 2.59. The van der Waals surface area contributed by atoms with Crippen molar-refractivity contribution in [3.8, 4) is 11.8 Å². The van der Waals surface area contributed by atoms with Gasteiger partial charge < -0.3 is 0 Å². The fourth-order valence-corrected chi connectivity index (χ4v) is 2.58. The Labute approximate surface area is 116 Å². The maximum atomic E-state index is 14.1. The van der Waals surface area contributed by atoms with Crippen molar-refractivity contribution in [3.63, 3.8) is 0 Å². The first-order valence-electron chi connectivity index (χ1n) is 6.98. The second-order valence-electron chi connectivity index (χ2n) is 5.41. The maximum absolute atomic E-state index is 14.1. The van der Waals surface area contributed by atoms with Gasteiger partial charge in [-0.25, -0.2) is 14.1 Å². The molecule has 1 aromatic carbocycles. The Bertz CT molecular complexity index is 692. The summed E-state index contributed by atoms with van der Waals surface area (Å²) in [5, 5.41) is 4.39. The second-order valence-corrected chi connectivity index (χ2v) is 5.41. The minimum absolute atomic E-state index is 0.0647. The van der Waals surface area contributed by atoms with Gasteiger partial charge in [0, 0.05) is 12.3 Å². The Hall–Kier alpha value is -2.15. The number of fused-ring (bicyclic) bond motifs is 1. The molecule has 1 fully saturated rings. The maximum Gasteiger partial charge on any atom is 0.225 e. The standard InChI is InChI=1S/C16H14FN3/c17-13-10-14(12-4-2-1-3-5-12)20-16(13)18-15(19-20)9-8-11-6-7-11/h1-5,11,13-14H,6-7,10H2. The average Bonchev–Trinajstić information content (AvgIpc) is 3.13. The lowest BCUT2D eigenvalue weighted by Crippen LogP contribution is -2.07. The number of nitrogens with zero attached hydrogens (tertiary/aromatic N) is 3. The van der Waals surface area contributed by atoms with Crippen LogP contribution >= 0.6 is 0 Å². The van der Waals surface area contributed by atoms with Crippen molar-refractivity contribution in [2.45, 2.75) is 31.5 Å². The van der Waals surface area contributed by atoms with E-state index in [1.54, 1.807) is 4.68 Å². The van der Waals surface area contributed by atoms with Crippen LogP contribution in [0.3, 0.4) is 0 Å². The zero-order valence-corrected chi connectivity index (χ0v) is 11.0. The summed E-state index contributed by atoms with van der Waals surface area (Å²) < 4.78 is 15.8. The van der Waals surface area contributed by atoms with Crippen LogP contribution in [-0.4, -0.2) is 14.8 Å². The van der Waals surface area contributed by atoms with Crippen LogP contribution in [0.5, 0.6) is 0 Å². The molecule has 0 amide bonds. The van der Waals surface area contributed by atoms with Crippen LogP contribution < -0.4 is 0 Å². The van der Waals surface area contributed by atoms with Crippen LogP contribution in [0.1, 0.15) is 48.7 Å². The fourth-order valence-electron chi connectivity index (χ4n) is 2.58. The van der Waals surface area contributed by atoms with E-state index in [9.17, 15) is 4.39 Å². The average molecular weight is 267 g/mol. The zero-order valence-electron chi connectivity index (χ0n) is 11.0. The molecule has 4 heteroatoms. The molecular formula is C16H14FN3. The Morgan fingerprint density at radius 1 is 1.20 bits per heavy atom. The molecule has 20 heavy (non-hydrogen) atoms. The Balaban J connectivity index is 1.69. The van der Waals surface area contributed by atoms with Gasteiger partial charge in [0.2, 0.25) is 5.82 Å². The highest BCUT2D eigenvalue weighted by atomic mass is 19.1. The minimum Gasteiger partial charge on any atom is -0.239 e. The van der Waals surface area contributed by atoms with Crippen molar-refractivity contribution in [1.29, 1.82) is 0 Å². The molecule has 1 aliphatic heterocycles. The van der Waals surface area contributed by atoms with Crippen LogP contribution in [0.25, 0.3) is 0 Å². The molecule has 0 radical (unpaired) electrons. The predicted octanol–water partition coefficient (Wildman–Crippen LogP) is 3.04. The minimum atomic E-state index is -1.05. The molecule has 0 bridgehead atoms. The van der Waals surface area contributed by atoms with Crippen LogP contribution in [-0.2, 0) is 0 Å². The fraction of sp³-hybridized carbons (Fsp3) is 0.375. The van der Waals surface area contributed by atoms with Crippen molar-refractivity contribution >= 4 is 0 Å². The number of halogens is 1. The molecule has 2 unspecified atom stereocenters. The van der Waals surface area contributed by atoms with Gasteiger partial charge in [-0.2, -0.15) is 0 Å². The van der Waals surface area contributed by atoms with Crippen LogP contribution in [0.4, 0.5) is 4.39 Å². The van der Waals surface area contributed by atoms with Crippen molar-refractivity contribution in [2.24, 2.45) is 5.92 Å². The Morgan fingerprint density at radius 3 is 2.75 bits per heavy atom. The first kappa shape index (κ1) is 11.7. The van der Waals surface area contributed by atoms with Gasteiger partial charge in [-0.1, -0.05) is 36.3 Å². The van der Waals surface area contributed by atoms with Gasteiger partial charge in [0.25, 0.3) is 0 Å². The van der Waals surface area contributed by atoms with Crippen LogP contribution in [0.2, 0.25) is 0 Å². The van der Waals surface area contributed by atoms with Crippen LogP contribution in [0, 0.1) is 17.8 Å². The largest absolute Gasteiger partial charge is 0.239 e. The highest BCUT2D eigenvalue weighted by Crippen LogP contribution is 2.39. The lowest BCUT2D eigenvalue weighted by molar-refractivity contribution is 0.328. The molecule has 1 aliphatic carbocycles. The van der Waals surface area contributed by atoms with E-state index in [1.807, 2.05) is 30.3 Å². The lowest BCUT2D eigenvalue weighted by Gasteiger charge is -2.10. The van der Waals surface area contributed by atoms with E-state index in [2.05, 4.69) is 21.9 Å². The molecule has 0 saturated heterocycles. The van der Waals surface area contributed by atoms with Crippen LogP contribution in [0.15, 0.2) is 30.3 Å². The van der Waals surface area contributed by atoms with E-state index in [-0.39, 0.29) is 6.04 Å². The summed E-state index contributed by atoms with van der Waals surface area (Å²) in [6, 6.07) is 9.83. The molecule has 100 valence electrons. The SMILES string of the molecule is FC1CC(c2ccccc2)n2nc(C#CC3CC3)nc21. The number of benzene rings is 1. The quantitative estimate of drug-likeness (QED) is 0.743. The molecule has 0 N–H and O–H groups in total. The number of aromatic nitrogens is 3. The van der Waals surface area contributed by atoms with Gasteiger partial charge >= 0.3 is 0 Å². The van der Waals surface area contributed by atoms with E-state index in [1.165, 1.54) is 12.8 Å². The number of alkyl halides is 1. The van der Waals surface area contributed by atoms with Gasteiger partial charge in [0.15, 0.2) is 12.0 Å². The first-order valence-corrected chi connectivity index (χ1v) is 6.98. The molecule has 4 rings (SSSR count). The molecule has 3 nitrogen and oxygen atoms in total. The molecular weight excluding hydrogens is 253 g/mol. The molecule has 1 saturated carbocycles. The summed E-state index contributed by atoms with van der Waals surface area (Å²) >= 11 is 0. The monoisotopic (exact) mass is 267 g/mol. The number of hydrogen-bond acceptors (Lipinski definition) is 2. The van der Waals surface area contributed by atoms with E-state index in [4.69, 9.17) is 0 Å². The smallest absolute Gasteiger partial charge is 0.225 e. The van der Waals surface area contributed by atoms with Gasteiger partial charge in [-0.3, -0.25) is 0 Å². The van der Waals surface area contributed by atoms with Crippen molar-refractivity contribution < 1.29 is 4.39 Å². The molecule has 1 aromatic heterocycles. The highest BCUT2D eigenvalue weighted by molar-refractivity contribution is 5.28. The van der Waals surface area contributed by atoms with Gasteiger partial charge in [-0.05, 0) is 24.3 Å². The topological polar surface area (TPSA) is 30.7 Å². The highest BCUT2D eigenvalue weighted by Gasteiger charge is 2.35. The van der Waals surface area contributed by atoms with E-state index < -0.39 is 6.17 Å². The third-order valence-electron chi connectivity index (χ3n) is 3.81. The van der Waals surface area contributed by atoms with Crippen molar-refractivity contribution in [2.75, 3.05) is 0 Å². The molecule has 0 spiro atoms. The molecule has 2 aromatic rings. The van der Waals surface area contributed by atoms with Gasteiger partial charge in [0.1, 0.15) is 0 Å². The van der Waals surface area contributed by atoms with Gasteiger partial charge in [-0.15, -0.1) is 5.10 Å². The lowest BCUT2D eigenvalue weighted by atomic mass is 10.0. The number of rotatable bonds is 1. The number of hydrogen-bond donors (Lipinski definition) is 0. The van der Waals surface area contributed by atoms with E-state index in [0.29, 0.717) is 24.0 Å². The van der Waals surface area contributed by atoms with E-state index in [0.717, 1.165) is 5.56 Å². The molecule has 2 aliphatic rings. The van der Waals surface area contributed by atoms with Crippen molar-refractivity contribution in [3.05, 3.63) is 47.5 Å². The third kappa shape index (κ3) is 2.00. The summed E-state index contributed by atoms with van der Waals surface area (Å²) in [5.74, 6) is 7.46. The summed E-state index contributed by atoms with van der Waals surface area (Å²) in [6.07, 6.45) is 1.69. The van der Waals surface area contributed by atoms with Crippen molar-refractivity contribution in [1.82, 2.24) is 14.8 Å². The second kappa shape index (κ2) is 4.45. The summed E-state index contributed by atoms with van der Waals surface area (Å²) in [5.41, 5.74) is 1.07. The van der Waals surface area contributed by atoms with E-state index >= 15 is 0 Å². The summed E-state index contributed by atoms with van der Waals surface area (Å²) in [7, 11) is 0. The Morgan fingerprint density at radius 2 is 2.00 bits per heavy atom. The predicted molar refractivity (Wildman–Crippen MR) is 72.7 cm³/mol. The summed E-state index contributed by atoms with van der Waals surface area (Å²) in [6.45, 7) is 0. The molecule has 2 heterocycles. The molecule has 2 atom stereocenters. The third-order valence-corrected chi connectivity index (χ3v) is 3.81. The van der Waals surface area contributed by atoms with Gasteiger partial charge in [0.05, 0.1) is 6.04 Å². The first-order chi connectivity index (χ1) is 9.81. The summed E-state index contributed by atoms with van der Waals surface area (Å²) in [4.78, 5) is 4.25.